The van der Waals surface area contributed by atoms with Gasteiger partial charge in [0.1, 0.15) is 5.58 Å². The molecule has 3 aromatic rings. The number of rotatable bonds is 4. The Morgan fingerprint density at radius 2 is 2.12 bits per heavy atom. The van der Waals surface area contributed by atoms with Gasteiger partial charge in [-0.15, -0.1) is 0 Å². The Morgan fingerprint density at radius 1 is 1.31 bits per heavy atom. The molecule has 4 rings (SSSR count). The topological polar surface area (TPSA) is 106 Å². The number of fused-ring (bicyclic) bond motifs is 1. The fraction of sp³-hybridized carbons (Fsp3) is 0.294. The van der Waals surface area contributed by atoms with Crippen molar-refractivity contribution in [1.82, 2.24) is 14.1 Å². The number of carboxylic acid groups (broad SMARTS) is 1. The largest absolute Gasteiger partial charge is 0.478 e. The number of hydrogen-bond acceptors (Lipinski definition) is 5. The highest BCUT2D eigenvalue weighted by Gasteiger charge is 2.33. The second-order valence-corrected chi connectivity index (χ2v) is 8.15. The zero-order valence-electron chi connectivity index (χ0n) is 13.8. The number of piperidine rings is 1. The molecule has 9 heteroatoms. The minimum absolute atomic E-state index is 0.0777. The van der Waals surface area contributed by atoms with Crippen molar-refractivity contribution in [3.05, 3.63) is 48.3 Å². The van der Waals surface area contributed by atoms with Gasteiger partial charge in [0.2, 0.25) is 5.09 Å². The first-order valence-electron chi connectivity index (χ1n) is 8.21. The molecular weight excluding hydrogens is 358 g/mol. The average Bonchev–Trinajstić information content (AvgIpc) is 3.29. The molecule has 3 heterocycles. The molecule has 0 aliphatic carbocycles. The second kappa shape index (κ2) is 6.26. The number of furan rings is 1. The maximum absolute atomic E-state index is 13.0. The maximum atomic E-state index is 13.0. The van der Waals surface area contributed by atoms with Crippen molar-refractivity contribution in [2.75, 3.05) is 13.1 Å². The summed E-state index contributed by atoms with van der Waals surface area (Å²) in [5, 5.41) is 13.8. The van der Waals surface area contributed by atoms with Crippen LogP contribution in [-0.2, 0) is 10.0 Å². The standard InChI is InChI=1S/C17H17N3O5S/c21-17(22)13-9-18-20(10-13)14-5-3-7-19(11-14)26(23,24)16-8-12-4-1-2-6-15(12)25-16/h1-2,4,6,8-10,14H,3,5,7,11H2,(H,21,22)/t14-/m0/s1. The second-order valence-electron chi connectivity index (χ2n) is 6.28. The third-order valence-electron chi connectivity index (χ3n) is 4.58. The van der Waals surface area contributed by atoms with Crippen LogP contribution in [0.4, 0.5) is 0 Å². The lowest BCUT2D eigenvalue weighted by Crippen LogP contribution is -2.40. The summed E-state index contributed by atoms with van der Waals surface area (Å²) in [5.41, 5.74) is 0.611. The van der Waals surface area contributed by atoms with E-state index in [9.17, 15) is 13.2 Å². The van der Waals surface area contributed by atoms with Gasteiger partial charge in [0.15, 0.2) is 0 Å². The van der Waals surface area contributed by atoms with Gasteiger partial charge in [-0.05, 0) is 18.9 Å². The molecule has 0 spiro atoms. The first-order valence-corrected chi connectivity index (χ1v) is 9.65. The highest BCUT2D eigenvalue weighted by atomic mass is 32.2. The average molecular weight is 375 g/mol. The molecule has 26 heavy (non-hydrogen) atoms. The Bertz CT molecular complexity index is 1040. The molecule has 1 aromatic carbocycles. The van der Waals surface area contributed by atoms with Crippen molar-refractivity contribution in [1.29, 1.82) is 0 Å². The minimum Gasteiger partial charge on any atom is -0.478 e. The van der Waals surface area contributed by atoms with Crippen LogP contribution in [0.1, 0.15) is 29.2 Å². The van der Waals surface area contributed by atoms with Gasteiger partial charge in [-0.3, -0.25) is 4.68 Å². The summed E-state index contributed by atoms with van der Waals surface area (Å²) < 4.78 is 34.4. The first-order chi connectivity index (χ1) is 12.4. The molecule has 1 N–H and O–H groups in total. The monoisotopic (exact) mass is 375 g/mol. The van der Waals surface area contributed by atoms with E-state index in [1.807, 2.05) is 6.07 Å². The fourth-order valence-corrected chi connectivity index (χ4v) is 4.68. The summed E-state index contributed by atoms with van der Waals surface area (Å²) in [6.45, 7) is 0.614. The molecule has 0 unspecified atom stereocenters. The molecule has 2 aromatic heterocycles. The number of sulfonamides is 1. The van der Waals surface area contributed by atoms with Gasteiger partial charge in [-0.25, -0.2) is 13.2 Å². The summed E-state index contributed by atoms with van der Waals surface area (Å²) >= 11 is 0. The molecule has 0 amide bonds. The molecule has 0 saturated carbocycles. The number of carbonyl (C=O) groups is 1. The normalized spacial score (nSPS) is 19.0. The van der Waals surface area contributed by atoms with Crippen LogP contribution in [0.5, 0.6) is 0 Å². The van der Waals surface area contributed by atoms with Crippen LogP contribution in [-0.4, -0.2) is 46.7 Å². The highest BCUT2D eigenvalue weighted by molar-refractivity contribution is 7.89. The third-order valence-corrected chi connectivity index (χ3v) is 6.30. The van der Waals surface area contributed by atoms with Gasteiger partial charge in [-0.1, -0.05) is 18.2 Å². The van der Waals surface area contributed by atoms with Gasteiger partial charge >= 0.3 is 5.97 Å². The van der Waals surface area contributed by atoms with Crippen LogP contribution in [0.3, 0.4) is 0 Å². The highest BCUT2D eigenvalue weighted by Crippen LogP contribution is 2.29. The van der Waals surface area contributed by atoms with E-state index < -0.39 is 16.0 Å². The lowest BCUT2D eigenvalue weighted by molar-refractivity contribution is 0.0696. The molecule has 0 radical (unpaired) electrons. The number of nitrogens with zero attached hydrogens (tertiary/aromatic N) is 3. The van der Waals surface area contributed by atoms with Crippen LogP contribution < -0.4 is 0 Å². The van der Waals surface area contributed by atoms with Gasteiger partial charge in [0, 0.05) is 30.7 Å². The SMILES string of the molecule is O=C(O)c1cnn([C@H]2CCCN(S(=O)(=O)c3cc4ccccc4o3)C2)c1. The molecule has 1 aliphatic heterocycles. The van der Waals surface area contributed by atoms with Gasteiger partial charge in [-0.2, -0.15) is 9.40 Å². The summed E-state index contributed by atoms with van der Waals surface area (Å²) in [5.74, 6) is -1.06. The lowest BCUT2D eigenvalue weighted by Gasteiger charge is -2.31. The van der Waals surface area contributed by atoms with E-state index in [2.05, 4.69) is 5.10 Å². The van der Waals surface area contributed by atoms with Gasteiger partial charge in [0.05, 0.1) is 17.8 Å². The molecule has 8 nitrogen and oxygen atoms in total. The van der Waals surface area contributed by atoms with E-state index in [1.54, 1.807) is 18.2 Å². The third kappa shape index (κ3) is 2.89. The molecular formula is C17H17N3O5S. The number of benzene rings is 1. The van der Waals surface area contributed by atoms with Crippen LogP contribution in [0.15, 0.2) is 52.2 Å². The fourth-order valence-electron chi connectivity index (χ4n) is 3.22. The van der Waals surface area contributed by atoms with Crippen molar-refractivity contribution in [2.45, 2.75) is 24.0 Å². The summed E-state index contributed by atoms with van der Waals surface area (Å²) in [7, 11) is -3.77. The van der Waals surface area contributed by atoms with E-state index in [0.29, 0.717) is 18.5 Å². The Morgan fingerprint density at radius 3 is 2.85 bits per heavy atom. The van der Waals surface area contributed by atoms with Crippen molar-refractivity contribution < 1.29 is 22.7 Å². The number of aromatic nitrogens is 2. The number of para-hydroxylation sites is 1. The summed E-state index contributed by atoms with van der Waals surface area (Å²) in [6, 6.07) is 8.46. The van der Waals surface area contributed by atoms with E-state index in [0.717, 1.165) is 11.8 Å². The number of carboxylic acids is 1. The number of hydrogen-bond donors (Lipinski definition) is 1. The van der Waals surface area contributed by atoms with Crippen molar-refractivity contribution in [2.24, 2.45) is 0 Å². The zero-order valence-corrected chi connectivity index (χ0v) is 14.6. The van der Waals surface area contributed by atoms with Crippen LogP contribution in [0.2, 0.25) is 0 Å². The maximum Gasteiger partial charge on any atom is 0.338 e. The van der Waals surface area contributed by atoms with Gasteiger partial charge in [0.25, 0.3) is 10.0 Å². The van der Waals surface area contributed by atoms with Crippen molar-refractivity contribution >= 4 is 27.0 Å². The first kappa shape index (κ1) is 16.8. The zero-order chi connectivity index (χ0) is 18.3. The molecule has 1 aliphatic rings. The minimum atomic E-state index is -3.77. The quantitative estimate of drug-likeness (QED) is 0.750. The van der Waals surface area contributed by atoms with Crippen LogP contribution >= 0.6 is 0 Å². The van der Waals surface area contributed by atoms with Gasteiger partial charge < -0.3 is 9.52 Å². The molecule has 1 atom stereocenters. The molecule has 136 valence electrons. The smallest absolute Gasteiger partial charge is 0.338 e. The molecule has 1 saturated heterocycles. The summed E-state index contributed by atoms with van der Waals surface area (Å²) in [4.78, 5) is 11.0. The Balaban J connectivity index is 1.60. The van der Waals surface area contributed by atoms with E-state index in [4.69, 9.17) is 9.52 Å². The van der Waals surface area contributed by atoms with Crippen LogP contribution in [0.25, 0.3) is 11.0 Å². The predicted octanol–water partition coefficient (Wildman–Crippen LogP) is 2.35. The molecule has 0 bridgehead atoms. The van der Waals surface area contributed by atoms with Crippen molar-refractivity contribution in [3.63, 3.8) is 0 Å². The summed E-state index contributed by atoms with van der Waals surface area (Å²) in [6.07, 6.45) is 4.10. The number of aromatic carboxylic acids is 1. The van der Waals surface area contributed by atoms with Crippen molar-refractivity contribution in [3.8, 4) is 0 Å². The van der Waals surface area contributed by atoms with E-state index in [-0.39, 0.29) is 23.2 Å². The van der Waals surface area contributed by atoms with E-state index in [1.165, 1.54) is 27.4 Å². The lowest BCUT2D eigenvalue weighted by atomic mass is 10.1. The Hall–Kier alpha value is -2.65. The van der Waals surface area contributed by atoms with E-state index >= 15 is 0 Å². The Kier molecular flexibility index (Phi) is 4.04. The predicted molar refractivity (Wildman–Crippen MR) is 92.4 cm³/mol. The Labute approximate surface area is 149 Å². The molecule has 1 fully saturated rings. The van der Waals surface area contributed by atoms with Crippen LogP contribution in [0, 0.1) is 0 Å².